The van der Waals surface area contributed by atoms with Gasteiger partial charge in [-0.25, -0.2) is 13.8 Å². The maximum absolute atomic E-state index is 12.3. The lowest BCUT2D eigenvalue weighted by Crippen LogP contribution is -2.01. The second-order valence-corrected chi connectivity index (χ2v) is 2.81. The Hall–Kier alpha value is -1.63. The van der Waals surface area contributed by atoms with E-state index in [2.05, 4.69) is 4.98 Å². The molecule has 0 amide bonds. The summed E-state index contributed by atoms with van der Waals surface area (Å²) in [5.41, 5.74) is -2.15. The summed E-state index contributed by atoms with van der Waals surface area (Å²) < 4.78 is 24.7. The number of pyridine rings is 1. The molecular formula is C7H3ClF2N2O3. The van der Waals surface area contributed by atoms with E-state index in [1.165, 1.54) is 0 Å². The normalized spacial score (nSPS) is 10.4. The first-order valence-electron chi connectivity index (χ1n) is 3.55. The minimum Gasteiger partial charge on any atom is -0.296 e. The van der Waals surface area contributed by atoms with Crippen molar-refractivity contribution in [2.24, 2.45) is 0 Å². The first-order valence-corrected chi connectivity index (χ1v) is 3.93. The van der Waals surface area contributed by atoms with Gasteiger partial charge in [-0.15, -0.1) is 0 Å². The molecule has 0 aliphatic heterocycles. The van der Waals surface area contributed by atoms with Crippen LogP contribution in [0.3, 0.4) is 0 Å². The number of aldehydes is 1. The van der Waals surface area contributed by atoms with Crippen molar-refractivity contribution in [3.63, 3.8) is 0 Å². The molecule has 0 aromatic carbocycles. The number of halogens is 3. The van der Waals surface area contributed by atoms with Gasteiger partial charge in [0.1, 0.15) is 5.69 Å². The molecule has 0 N–H and O–H groups in total. The Kier molecular flexibility index (Phi) is 3.25. The fraction of sp³-hybridized carbons (Fsp3) is 0.143. The molecule has 0 saturated carbocycles. The molecule has 0 atom stereocenters. The minimum absolute atomic E-state index is 0.0666. The Bertz CT molecular complexity index is 425. The summed E-state index contributed by atoms with van der Waals surface area (Å²) in [4.78, 5) is 22.9. The molecule has 5 nitrogen and oxygen atoms in total. The third-order valence-electron chi connectivity index (χ3n) is 1.56. The monoisotopic (exact) mass is 236 g/mol. The van der Waals surface area contributed by atoms with Crippen LogP contribution in [0.2, 0.25) is 5.15 Å². The largest absolute Gasteiger partial charge is 0.306 e. The van der Waals surface area contributed by atoms with Gasteiger partial charge in [0.2, 0.25) is 5.15 Å². The predicted molar refractivity (Wildman–Crippen MR) is 46.2 cm³/mol. The molecule has 1 rings (SSSR count). The standard InChI is InChI=1S/C7H3ClF2N2O3/c8-6-5(12(14)15)1-3(7(9)10)4(2-13)11-6/h1-2,7H. The van der Waals surface area contributed by atoms with Gasteiger partial charge in [-0.3, -0.25) is 14.9 Å². The molecule has 0 fully saturated rings. The molecule has 0 bridgehead atoms. The van der Waals surface area contributed by atoms with E-state index in [1.54, 1.807) is 0 Å². The quantitative estimate of drug-likeness (QED) is 0.350. The lowest BCUT2D eigenvalue weighted by Gasteiger charge is -2.03. The van der Waals surface area contributed by atoms with E-state index in [0.29, 0.717) is 6.07 Å². The van der Waals surface area contributed by atoms with Gasteiger partial charge in [-0.05, 0) is 0 Å². The maximum Gasteiger partial charge on any atom is 0.306 e. The Morgan fingerprint density at radius 2 is 2.20 bits per heavy atom. The molecule has 8 heteroatoms. The average molecular weight is 237 g/mol. The van der Waals surface area contributed by atoms with Gasteiger partial charge in [0.15, 0.2) is 6.29 Å². The van der Waals surface area contributed by atoms with Crippen LogP contribution < -0.4 is 0 Å². The number of aromatic nitrogens is 1. The fourth-order valence-corrected chi connectivity index (χ4v) is 1.12. The lowest BCUT2D eigenvalue weighted by atomic mass is 10.2. The van der Waals surface area contributed by atoms with E-state index in [1.807, 2.05) is 0 Å². The van der Waals surface area contributed by atoms with Crippen LogP contribution in [0, 0.1) is 10.1 Å². The highest BCUT2D eigenvalue weighted by atomic mass is 35.5. The second-order valence-electron chi connectivity index (χ2n) is 2.45. The van der Waals surface area contributed by atoms with Crippen molar-refractivity contribution in [2.75, 3.05) is 0 Å². The number of nitro groups is 1. The van der Waals surface area contributed by atoms with E-state index < -0.39 is 33.4 Å². The second kappa shape index (κ2) is 4.26. The van der Waals surface area contributed by atoms with Gasteiger partial charge >= 0.3 is 5.69 Å². The summed E-state index contributed by atoms with van der Waals surface area (Å²) in [6, 6.07) is 0.545. The minimum atomic E-state index is -3.02. The van der Waals surface area contributed by atoms with E-state index in [9.17, 15) is 23.7 Å². The molecule has 0 aliphatic rings. The van der Waals surface area contributed by atoms with Gasteiger partial charge in [0.05, 0.1) is 10.5 Å². The number of hydrogen-bond acceptors (Lipinski definition) is 4. The zero-order valence-electron chi connectivity index (χ0n) is 6.99. The number of carbonyl (C=O) groups is 1. The van der Waals surface area contributed by atoms with Crippen LogP contribution in [0.15, 0.2) is 6.07 Å². The molecule has 0 aliphatic carbocycles. The van der Waals surface area contributed by atoms with Crippen LogP contribution in [-0.2, 0) is 0 Å². The van der Waals surface area contributed by atoms with Crippen molar-refractivity contribution in [3.8, 4) is 0 Å². The number of alkyl halides is 2. The maximum atomic E-state index is 12.3. The highest BCUT2D eigenvalue weighted by Crippen LogP contribution is 2.29. The van der Waals surface area contributed by atoms with E-state index in [4.69, 9.17) is 11.6 Å². The Morgan fingerprint density at radius 1 is 1.60 bits per heavy atom. The Morgan fingerprint density at radius 3 is 2.60 bits per heavy atom. The number of carbonyl (C=O) groups excluding carboxylic acids is 1. The van der Waals surface area contributed by atoms with Gasteiger partial charge in [-0.2, -0.15) is 0 Å². The Labute approximate surface area is 86.8 Å². The molecule has 0 unspecified atom stereocenters. The molecule has 1 aromatic rings. The predicted octanol–water partition coefficient (Wildman–Crippen LogP) is 2.39. The number of nitrogens with zero attached hydrogens (tertiary/aromatic N) is 2. The van der Waals surface area contributed by atoms with Crippen LogP contribution in [-0.4, -0.2) is 16.2 Å². The zero-order valence-corrected chi connectivity index (χ0v) is 7.74. The number of rotatable bonds is 3. The van der Waals surface area contributed by atoms with E-state index in [0.717, 1.165) is 0 Å². The third kappa shape index (κ3) is 2.24. The number of hydrogen-bond donors (Lipinski definition) is 0. The van der Waals surface area contributed by atoms with Crippen molar-refractivity contribution in [1.82, 2.24) is 4.98 Å². The smallest absolute Gasteiger partial charge is 0.296 e. The summed E-state index contributed by atoms with van der Waals surface area (Å²) in [6.07, 6.45) is -2.95. The summed E-state index contributed by atoms with van der Waals surface area (Å²) in [7, 11) is 0. The topological polar surface area (TPSA) is 73.1 Å². The fourth-order valence-electron chi connectivity index (χ4n) is 0.906. The first-order chi connectivity index (χ1) is 6.97. The molecule has 1 heterocycles. The van der Waals surface area contributed by atoms with E-state index >= 15 is 0 Å². The van der Waals surface area contributed by atoms with Crippen LogP contribution in [0.5, 0.6) is 0 Å². The lowest BCUT2D eigenvalue weighted by molar-refractivity contribution is -0.385. The summed E-state index contributed by atoms with van der Waals surface area (Å²) >= 11 is 5.32. The summed E-state index contributed by atoms with van der Waals surface area (Å²) in [5.74, 6) is 0. The Balaban J connectivity index is 3.43. The molecule has 0 radical (unpaired) electrons. The van der Waals surface area contributed by atoms with E-state index in [-0.39, 0.29) is 6.29 Å². The summed E-state index contributed by atoms with van der Waals surface area (Å²) in [5, 5.41) is 9.75. The molecule has 0 saturated heterocycles. The molecular weight excluding hydrogens is 234 g/mol. The van der Waals surface area contributed by atoms with Gasteiger partial charge in [0.25, 0.3) is 6.43 Å². The van der Waals surface area contributed by atoms with Crippen molar-refractivity contribution in [2.45, 2.75) is 6.43 Å². The molecule has 0 spiro atoms. The van der Waals surface area contributed by atoms with Gasteiger partial charge < -0.3 is 0 Å². The SMILES string of the molecule is O=Cc1nc(Cl)c([N+](=O)[O-])cc1C(F)F. The molecule has 15 heavy (non-hydrogen) atoms. The van der Waals surface area contributed by atoms with Crippen LogP contribution in [0.4, 0.5) is 14.5 Å². The van der Waals surface area contributed by atoms with Crippen molar-refractivity contribution in [1.29, 1.82) is 0 Å². The molecule has 80 valence electrons. The third-order valence-corrected chi connectivity index (χ3v) is 1.84. The van der Waals surface area contributed by atoms with Crippen molar-refractivity contribution in [3.05, 3.63) is 32.6 Å². The summed E-state index contributed by atoms with van der Waals surface area (Å²) in [6.45, 7) is 0. The highest BCUT2D eigenvalue weighted by molar-refractivity contribution is 6.31. The first kappa shape index (κ1) is 11.4. The zero-order chi connectivity index (χ0) is 11.6. The average Bonchev–Trinajstić information content (AvgIpc) is 2.16. The van der Waals surface area contributed by atoms with Crippen molar-refractivity contribution < 1.29 is 18.5 Å². The van der Waals surface area contributed by atoms with Gasteiger partial charge in [-0.1, -0.05) is 11.6 Å². The van der Waals surface area contributed by atoms with Crippen molar-refractivity contribution >= 4 is 23.6 Å². The van der Waals surface area contributed by atoms with Crippen LogP contribution >= 0.6 is 11.6 Å². The van der Waals surface area contributed by atoms with Crippen LogP contribution in [0.1, 0.15) is 22.5 Å². The highest BCUT2D eigenvalue weighted by Gasteiger charge is 2.22. The molecule has 1 aromatic heterocycles. The van der Waals surface area contributed by atoms with Crippen LogP contribution in [0.25, 0.3) is 0 Å². The van der Waals surface area contributed by atoms with Gasteiger partial charge in [0, 0.05) is 6.07 Å².